The first-order chi connectivity index (χ1) is 9.21. The summed E-state index contributed by atoms with van der Waals surface area (Å²) in [6.07, 6.45) is 0. The molecule has 3 nitrogen and oxygen atoms in total. The molecule has 94 valence electrons. The van der Waals surface area contributed by atoms with Crippen LogP contribution in [0.5, 0.6) is 0 Å². The number of nitrogens with two attached hydrogens (primary N) is 1. The van der Waals surface area contributed by atoms with Crippen molar-refractivity contribution in [2.45, 2.75) is 5.54 Å². The first kappa shape index (κ1) is 11.8. The average molecular weight is 250 g/mol. The van der Waals surface area contributed by atoms with Gasteiger partial charge in [0.1, 0.15) is 20.0 Å². The molecule has 1 unspecified atom stereocenters. The Labute approximate surface area is 113 Å². The van der Waals surface area contributed by atoms with E-state index in [4.69, 9.17) is 10.5 Å². The van der Waals surface area contributed by atoms with E-state index < -0.39 is 5.54 Å². The zero-order valence-corrected chi connectivity index (χ0v) is 10.8. The SMILES string of the molecule is Bc1cccc(C2(c3ccccc3)COC(N)=N2)c1. The van der Waals surface area contributed by atoms with Crippen molar-refractivity contribution in [3.63, 3.8) is 0 Å². The van der Waals surface area contributed by atoms with E-state index in [1.807, 2.05) is 24.3 Å². The minimum absolute atomic E-state index is 0.255. The number of benzene rings is 2. The van der Waals surface area contributed by atoms with Crippen molar-refractivity contribution >= 4 is 19.3 Å². The molecule has 0 radical (unpaired) electrons. The van der Waals surface area contributed by atoms with Crippen LogP contribution >= 0.6 is 0 Å². The molecule has 2 aromatic rings. The molecular formula is C15H15BN2O. The van der Waals surface area contributed by atoms with Crippen LogP contribution in [0.2, 0.25) is 0 Å². The van der Waals surface area contributed by atoms with Gasteiger partial charge in [0, 0.05) is 0 Å². The lowest BCUT2D eigenvalue weighted by Gasteiger charge is -2.25. The van der Waals surface area contributed by atoms with E-state index in [0.717, 1.165) is 11.1 Å². The van der Waals surface area contributed by atoms with Gasteiger partial charge in [0.05, 0.1) is 0 Å². The lowest BCUT2D eigenvalue weighted by atomic mass is 9.81. The predicted octanol–water partition coefficient (Wildman–Crippen LogP) is 0.534. The fourth-order valence-corrected chi connectivity index (χ4v) is 2.51. The summed E-state index contributed by atoms with van der Waals surface area (Å²) in [6.45, 7) is 0.451. The van der Waals surface area contributed by atoms with Crippen LogP contribution in [0.25, 0.3) is 0 Å². The van der Waals surface area contributed by atoms with Crippen LogP contribution in [0.3, 0.4) is 0 Å². The van der Waals surface area contributed by atoms with Gasteiger partial charge in [0.25, 0.3) is 6.02 Å². The summed E-state index contributed by atoms with van der Waals surface area (Å²) >= 11 is 0. The number of aliphatic imine (C=N–C) groups is 1. The lowest BCUT2D eigenvalue weighted by molar-refractivity contribution is 0.278. The van der Waals surface area contributed by atoms with Crippen molar-refractivity contribution in [1.29, 1.82) is 0 Å². The van der Waals surface area contributed by atoms with Crippen LogP contribution < -0.4 is 11.2 Å². The van der Waals surface area contributed by atoms with Gasteiger partial charge in [-0.25, -0.2) is 4.99 Å². The maximum absolute atomic E-state index is 5.75. The van der Waals surface area contributed by atoms with Gasteiger partial charge in [-0.05, 0) is 11.1 Å². The van der Waals surface area contributed by atoms with E-state index in [1.165, 1.54) is 5.46 Å². The monoisotopic (exact) mass is 250 g/mol. The van der Waals surface area contributed by atoms with Crippen LogP contribution in [0.15, 0.2) is 59.6 Å². The molecule has 0 saturated heterocycles. The second-order valence-electron chi connectivity index (χ2n) is 4.83. The molecule has 4 heteroatoms. The van der Waals surface area contributed by atoms with Gasteiger partial charge in [0.2, 0.25) is 0 Å². The summed E-state index contributed by atoms with van der Waals surface area (Å²) in [6, 6.07) is 18.7. The first-order valence-electron chi connectivity index (χ1n) is 6.31. The molecule has 0 aromatic heterocycles. The predicted molar refractivity (Wildman–Crippen MR) is 79.4 cm³/mol. The smallest absolute Gasteiger partial charge is 0.283 e. The molecule has 0 saturated carbocycles. The van der Waals surface area contributed by atoms with Crippen LogP contribution in [-0.2, 0) is 10.3 Å². The number of amidine groups is 1. The van der Waals surface area contributed by atoms with Crippen molar-refractivity contribution in [2.75, 3.05) is 6.61 Å². The van der Waals surface area contributed by atoms with Gasteiger partial charge >= 0.3 is 0 Å². The highest BCUT2D eigenvalue weighted by molar-refractivity contribution is 6.32. The normalized spacial score (nSPS) is 21.8. The number of hydrogen-bond acceptors (Lipinski definition) is 3. The Morgan fingerprint density at radius 3 is 2.42 bits per heavy atom. The van der Waals surface area contributed by atoms with E-state index in [0.29, 0.717) is 6.61 Å². The van der Waals surface area contributed by atoms with Crippen molar-refractivity contribution < 1.29 is 4.74 Å². The summed E-state index contributed by atoms with van der Waals surface area (Å²) in [7, 11) is 2.07. The minimum atomic E-state index is -0.517. The van der Waals surface area contributed by atoms with Crippen molar-refractivity contribution in [2.24, 2.45) is 10.7 Å². The third-order valence-electron chi connectivity index (χ3n) is 3.48. The maximum atomic E-state index is 5.75. The standard InChI is InChI=1S/C15H15BN2O/c16-13-8-4-7-12(9-13)15(10-19-14(17)18-15)11-5-2-1-3-6-11/h1-9H,10,16H2,(H2,17,18). The third kappa shape index (κ3) is 1.99. The van der Waals surface area contributed by atoms with Gasteiger partial charge in [-0.1, -0.05) is 60.1 Å². The second kappa shape index (κ2) is 4.46. The fraction of sp³-hybridized carbons (Fsp3) is 0.133. The van der Waals surface area contributed by atoms with E-state index >= 15 is 0 Å². The highest BCUT2D eigenvalue weighted by atomic mass is 16.5. The minimum Gasteiger partial charge on any atom is -0.462 e. The molecule has 0 spiro atoms. The molecule has 2 aromatic carbocycles. The quantitative estimate of drug-likeness (QED) is 0.790. The van der Waals surface area contributed by atoms with Crippen LogP contribution in [0.1, 0.15) is 11.1 Å². The Morgan fingerprint density at radius 1 is 1.05 bits per heavy atom. The summed E-state index contributed by atoms with van der Waals surface area (Å²) in [5.41, 5.74) is 8.65. The number of nitrogens with zero attached hydrogens (tertiary/aromatic N) is 1. The molecule has 1 heterocycles. The first-order valence-corrected chi connectivity index (χ1v) is 6.31. The molecule has 0 bridgehead atoms. The summed E-state index contributed by atoms with van der Waals surface area (Å²) in [5, 5.41) is 0. The van der Waals surface area contributed by atoms with Gasteiger partial charge in [-0.3, -0.25) is 0 Å². The Balaban J connectivity index is 2.19. The third-order valence-corrected chi connectivity index (χ3v) is 3.48. The Bertz CT molecular complexity index is 627. The van der Waals surface area contributed by atoms with Crippen LogP contribution in [0.4, 0.5) is 0 Å². The lowest BCUT2D eigenvalue weighted by Crippen LogP contribution is -2.28. The van der Waals surface area contributed by atoms with Gasteiger partial charge < -0.3 is 10.5 Å². The molecule has 0 aliphatic carbocycles. The molecule has 19 heavy (non-hydrogen) atoms. The zero-order valence-electron chi connectivity index (χ0n) is 10.8. The highest BCUT2D eigenvalue weighted by Crippen LogP contribution is 2.36. The molecule has 0 amide bonds. The van der Waals surface area contributed by atoms with E-state index in [2.05, 4.69) is 43.2 Å². The number of rotatable bonds is 2. The van der Waals surface area contributed by atoms with E-state index in [1.54, 1.807) is 0 Å². The van der Waals surface area contributed by atoms with Crippen molar-refractivity contribution in [1.82, 2.24) is 0 Å². The highest BCUT2D eigenvalue weighted by Gasteiger charge is 2.39. The molecule has 1 atom stereocenters. The summed E-state index contributed by atoms with van der Waals surface area (Å²) in [5.74, 6) is 0. The van der Waals surface area contributed by atoms with Crippen molar-refractivity contribution in [3.05, 3.63) is 65.7 Å². The molecule has 2 N–H and O–H groups in total. The summed E-state index contributed by atoms with van der Waals surface area (Å²) < 4.78 is 5.45. The summed E-state index contributed by atoms with van der Waals surface area (Å²) in [4.78, 5) is 4.57. The van der Waals surface area contributed by atoms with E-state index in [-0.39, 0.29) is 6.02 Å². The molecule has 1 aliphatic rings. The Morgan fingerprint density at radius 2 is 1.79 bits per heavy atom. The van der Waals surface area contributed by atoms with Gasteiger partial charge in [0.15, 0.2) is 0 Å². The maximum Gasteiger partial charge on any atom is 0.283 e. The molecule has 0 fully saturated rings. The number of hydrogen-bond donors (Lipinski definition) is 1. The number of ether oxygens (including phenoxy) is 1. The topological polar surface area (TPSA) is 47.6 Å². The average Bonchev–Trinajstić information content (AvgIpc) is 2.83. The van der Waals surface area contributed by atoms with Crippen LogP contribution in [0, 0.1) is 0 Å². The fourth-order valence-electron chi connectivity index (χ4n) is 2.51. The zero-order chi connectivity index (χ0) is 13.3. The van der Waals surface area contributed by atoms with Gasteiger partial charge in [-0.15, -0.1) is 0 Å². The van der Waals surface area contributed by atoms with Gasteiger partial charge in [-0.2, -0.15) is 0 Å². The largest absolute Gasteiger partial charge is 0.462 e. The molecule has 1 aliphatic heterocycles. The van der Waals surface area contributed by atoms with Crippen LogP contribution in [-0.4, -0.2) is 20.5 Å². The second-order valence-corrected chi connectivity index (χ2v) is 4.83. The Kier molecular flexibility index (Phi) is 2.78. The molecule has 3 rings (SSSR count). The Hall–Kier alpha value is -2.23. The van der Waals surface area contributed by atoms with E-state index in [9.17, 15) is 0 Å². The molecular weight excluding hydrogens is 235 g/mol. The van der Waals surface area contributed by atoms with Crippen molar-refractivity contribution in [3.8, 4) is 0 Å².